The summed E-state index contributed by atoms with van der Waals surface area (Å²) >= 11 is 0. The van der Waals surface area contributed by atoms with E-state index in [-0.39, 0.29) is 17.1 Å². The molecule has 0 saturated heterocycles. The fraction of sp³-hybridized carbons (Fsp3) is 0.118. The maximum atomic E-state index is 13.5. The first-order chi connectivity index (χ1) is 9.49. The van der Waals surface area contributed by atoms with E-state index in [0.717, 1.165) is 16.7 Å². The fourth-order valence-electron chi connectivity index (χ4n) is 2.01. The zero-order chi connectivity index (χ0) is 14.7. The summed E-state index contributed by atoms with van der Waals surface area (Å²) in [6.07, 6.45) is 2.96. The smallest absolute Gasteiger partial charge is 0.188 e. The predicted molar refractivity (Wildman–Crippen MR) is 77.3 cm³/mol. The summed E-state index contributed by atoms with van der Waals surface area (Å²) < 4.78 is 13.5. The number of rotatable bonds is 3. The molecule has 0 heterocycles. The molecule has 0 spiro atoms. The van der Waals surface area contributed by atoms with E-state index in [4.69, 9.17) is 0 Å². The maximum absolute atomic E-state index is 13.5. The molecule has 0 fully saturated rings. The largest absolute Gasteiger partial charge is 0.507 e. The van der Waals surface area contributed by atoms with Crippen molar-refractivity contribution in [3.8, 4) is 5.75 Å². The number of hydrogen-bond acceptors (Lipinski definition) is 2. The van der Waals surface area contributed by atoms with Gasteiger partial charge in [-0.05, 0) is 60.9 Å². The van der Waals surface area contributed by atoms with Gasteiger partial charge in [-0.2, -0.15) is 0 Å². The molecule has 0 aliphatic carbocycles. The van der Waals surface area contributed by atoms with Crippen LogP contribution in [0.4, 0.5) is 4.39 Å². The van der Waals surface area contributed by atoms with Gasteiger partial charge in [0.2, 0.25) is 0 Å². The van der Waals surface area contributed by atoms with Crippen molar-refractivity contribution in [3.63, 3.8) is 0 Å². The Kier molecular flexibility index (Phi) is 3.99. The van der Waals surface area contributed by atoms with Gasteiger partial charge < -0.3 is 5.11 Å². The third-order valence-corrected chi connectivity index (χ3v) is 3.08. The first-order valence-electron chi connectivity index (χ1n) is 6.26. The van der Waals surface area contributed by atoms with Crippen LogP contribution in [-0.2, 0) is 0 Å². The minimum absolute atomic E-state index is 0.0518. The molecule has 0 amide bonds. The van der Waals surface area contributed by atoms with Crippen LogP contribution in [0.5, 0.6) is 5.75 Å². The maximum Gasteiger partial charge on any atom is 0.188 e. The standard InChI is InChI=1S/C17H15FO2/c1-11-9-13(10-12(2)17(11)20)7-8-16(19)14-5-3-4-6-15(14)18/h3-10,20H,1-2H3/b8-7+. The predicted octanol–water partition coefficient (Wildman–Crippen LogP) is 4.04. The molecule has 0 aromatic heterocycles. The van der Waals surface area contributed by atoms with Gasteiger partial charge in [-0.25, -0.2) is 4.39 Å². The van der Waals surface area contributed by atoms with Crippen LogP contribution in [0.25, 0.3) is 6.08 Å². The zero-order valence-electron chi connectivity index (χ0n) is 11.4. The minimum Gasteiger partial charge on any atom is -0.507 e. The van der Waals surface area contributed by atoms with Gasteiger partial charge in [0.05, 0.1) is 5.56 Å². The summed E-state index contributed by atoms with van der Waals surface area (Å²) in [5.41, 5.74) is 2.32. The molecule has 0 unspecified atom stereocenters. The van der Waals surface area contributed by atoms with Gasteiger partial charge in [0.1, 0.15) is 11.6 Å². The van der Waals surface area contributed by atoms with E-state index in [1.165, 1.54) is 18.2 Å². The lowest BCUT2D eigenvalue weighted by Gasteiger charge is -2.04. The Morgan fingerprint density at radius 2 is 1.75 bits per heavy atom. The van der Waals surface area contributed by atoms with E-state index in [1.54, 1.807) is 44.2 Å². The first kappa shape index (κ1) is 14.0. The Labute approximate surface area is 117 Å². The van der Waals surface area contributed by atoms with Crippen LogP contribution in [0.1, 0.15) is 27.0 Å². The Balaban J connectivity index is 2.26. The lowest BCUT2D eigenvalue weighted by Crippen LogP contribution is -1.97. The number of halogens is 1. The Bertz CT molecular complexity index is 664. The molecule has 0 saturated carbocycles. The lowest BCUT2D eigenvalue weighted by atomic mass is 10.0. The van der Waals surface area contributed by atoms with Gasteiger partial charge in [0.25, 0.3) is 0 Å². The van der Waals surface area contributed by atoms with Crippen LogP contribution < -0.4 is 0 Å². The summed E-state index contributed by atoms with van der Waals surface area (Å²) in [4.78, 5) is 11.9. The van der Waals surface area contributed by atoms with Crippen LogP contribution in [0.15, 0.2) is 42.5 Å². The van der Waals surface area contributed by atoms with Crippen molar-refractivity contribution in [1.29, 1.82) is 0 Å². The average Bonchev–Trinajstić information content (AvgIpc) is 2.42. The van der Waals surface area contributed by atoms with E-state index in [0.29, 0.717) is 0 Å². The van der Waals surface area contributed by atoms with Gasteiger partial charge in [-0.15, -0.1) is 0 Å². The monoisotopic (exact) mass is 270 g/mol. The lowest BCUT2D eigenvalue weighted by molar-refractivity contribution is 0.104. The highest BCUT2D eigenvalue weighted by molar-refractivity contribution is 6.07. The molecule has 1 N–H and O–H groups in total. The Morgan fingerprint density at radius 1 is 1.15 bits per heavy atom. The summed E-state index contributed by atoms with van der Waals surface area (Å²) in [5, 5.41) is 9.68. The normalized spacial score (nSPS) is 10.9. The molecule has 0 aliphatic heterocycles. The van der Waals surface area contributed by atoms with Crippen molar-refractivity contribution in [3.05, 3.63) is 70.5 Å². The second kappa shape index (κ2) is 5.70. The van der Waals surface area contributed by atoms with Crippen molar-refractivity contribution in [2.75, 3.05) is 0 Å². The summed E-state index contributed by atoms with van der Waals surface area (Å²) in [7, 11) is 0. The highest BCUT2D eigenvalue weighted by Gasteiger charge is 2.07. The molecular weight excluding hydrogens is 255 g/mol. The molecular formula is C17H15FO2. The molecule has 2 aromatic carbocycles. The first-order valence-corrected chi connectivity index (χ1v) is 6.26. The number of phenolic OH excluding ortho intramolecular Hbond substituents is 1. The number of allylic oxidation sites excluding steroid dienone is 1. The molecule has 2 nitrogen and oxygen atoms in total. The molecule has 0 bridgehead atoms. The van der Waals surface area contributed by atoms with E-state index in [2.05, 4.69) is 0 Å². The van der Waals surface area contributed by atoms with Crippen LogP contribution in [-0.4, -0.2) is 10.9 Å². The molecule has 0 atom stereocenters. The molecule has 102 valence electrons. The number of aryl methyl sites for hydroxylation is 2. The topological polar surface area (TPSA) is 37.3 Å². The number of carbonyl (C=O) groups excluding carboxylic acids is 1. The number of benzene rings is 2. The van der Waals surface area contributed by atoms with Crippen molar-refractivity contribution < 1.29 is 14.3 Å². The second-order valence-electron chi connectivity index (χ2n) is 4.68. The number of aromatic hydroxyl groups is 1. The molecule has 2 aromatic rings. The minimum atomic E-state index is -0.528. The highest BCUT2D eigenvalue weighted by atomic mass is 19.1. The van der Waals surface area contributed by atoms with Crippen molar-refractivity contribution >= 4 is 11.9 Å². The zero-order valence-corrected chi connectivity index (χ0v) is 11.4. The summed E-state index contributed by atoms with van der Waals surface area (Å²) in [5.74, 6) is -0.658. The number of ketones is 1. The highest BCUT2D eigenvalue weighted by Crippen LogP contribution is 2.23. The van der Waals surface area contributed by atoms with Gasteiger partial charge >= 0.3 is 0 Å². The van der Waals surface area contributed by atoms with Crippen LogP contribution in [0.2, 0.25) is 0 Å². The number of hydrogen-bond donors (Lipinski definition) is 1. The van der Waals surface area contributed by atoms with E-state index >= 15 is 0 Å². The Morgan fingerprint density at radius 3 is 2.35 bits per heavy atom. The second-order valence-corrected chi connectivity index (χ2v) is 4.68. The van der Waals surface area contributed by atoms with E-state index in [1.807, 2.05) is 0 Å². The molecule has 2 rings (SSSR count). The van der Waals surface area contributed by atoms with Crippen LogP contribution >= 0.6 is 0 Å². The van der Waals surface area contributed by atoms with Crippen molar-refractivity contribution in [1.82, 2.24) is 0 Å². The molecule has 0 aliphatic rings. The number of carbonyl (C=O) groups is 1. The van der Waals surface area contributed by atoms with Crippen LogP contribution in [0.3, 0.4) is 0 Å². The third-order valence-electron chi connectivity index (χ3n) is 3.08. The number of phenols is 1. The molecule has 0 radical (unpaired) electrons. The van der Waals surface area contributed by atoms with E-state index in [9.17, 15) is 14.3 Å². The average molecular weight is 270 g/mol. The van der Waals surface area contributed by atoms with E-state index < -0.39 is 5.82 Å². The van der Waals surface area contributed by atoms with Gasteiger partial charge in [0, 0.05) is 0 Å². The molecule has 3 heteroatoms. The summed E-state index contributed by atoms with van der Waals surface area (Å²) in [6.45, 7) is 3.58. The van der Waals surface area contributed by atoms with Gasteiger partial charge in [0.15, 0.2) is 5.78 Å². The molecule has 20 heavy (non-hydrogen) atoms. The Hall–Kier alpha value is -2.42. The quantitative estimate of drug-likeness (QED) is 0.675. The summed E-state index contributed by atoms with van der Waals surface area (Å²) in [6, 6.07) is 9.42. The SMILES string of the molecule is Cc1cc(/C=C/C(=O)c2ccccc2F)cc(C)c1O. The van der Waals surface area contributed by atoms with Crippen molar-refractivity contribution in [2.24, 2.45) is 0 Å². The van der Waals surface area contributed by atoms with Crippen LogP contribution in [0, 0.1) is 19.7 Å². The van der Waals surface area contributed by atoms with Gasteiger partial charge in [-0.3, -0.25) is 4.79 Å². The third kappa shape index (κ3) is 2.94. The van der Waals surface area contributed by atoms with Gasteiger partial charge in [-0.1, -0.05) is 18.2 Å². The fourth-order valence-corrected chi connectivity index (χ4v) is 2.01. The van der Waals surface area contributed by atoms with Crippen molar-refractivity contribution in [2.45, 2.75) is 13.8 Å².